The summed E-state index contributed by atoms with van der Waals surface area (Å²) >= 11 is 0. The molecule has 1 aliphatic rings. The fourth-order valence-electron chi connectivity index (χ4n) is 3.13. The lowest BCUT2D eigenvalue weighted by molar-refractivity contribution is -0.136. The van der Waals surface area contributed by atoms with Crippen LogP contribution in [0.2, 0.25) is 0 Å². The second kappa shape index (κ2) is 5.85. The molecule has 0 saturated carbocycles. The maximum Gasteiger partial charge on any atom is 0.309 e. The topological polar surface area (TPSA) is 57.8 Å². The van der Waals surface area contributed by atoms with Crippen LogP contribution in [0.1, 0.15) is 37.6 Å². The summed E-state index contributed by atoms with van der Waals surface area (Å²) in [6.07, 6.45) is 5.67. The number of carboxylic acids is 1. The summed E-state index contributed by atoms with van der Waals surface area (Å²) in [6, 6.07) is 6.36. The van der Waals surface area contributed by atoms with Crippen LogP contribution < -0.4 is 0 Å². The Morgan fingerprint density at radius 2 is 2.29 bits per heavy atom. The summed E-state index contributed by atoms with van der Waals surface area (Å²) < 4.78 is 2.03. The minimum Gasteiger partial charge on any atom is -0.481 e. The molecule has 112 valence electrons. The number of hydrogen-bond donors (Lipinski definition) is 1. The van der Waals surface area contributed by atoms with Crippen molar-refractivity contribution in [2.24, 2.45) is 0 Å². The third-order valence-corrected chi connectivity index (χ3v) is 4.32. The van der Waals surface area contributed by atoms with Gasteiger partial charge in [0.05, 0.1) is 17.8 Å². The van der Waals surface area contributed by atoms with Crippen LogP contribution in [0.15, 0.2) is 24.4 Å². The Balaban J connectivity index is 1.96. The predicted molar refractivity (Wildman–Crippen MR) is 80.3 cm³/mol. The first kappa shape index (κ1) is 14.1. The monoisotopic (exact) mass is 287 g/mol. The molecular weight excluding hydrogens is 266 g/mol. The summed E-state index contributed by atoms with van der Waals surface area (Å²) in [4.78, 5) is 18.0. The molecule has 0 aliphatic carbocycles. The van der Waals surface area contributed by atoms with E-state index in [-0.39, 0.29) is 6.42 Å². The van der Waals surface area contributed by atoms with E-state index < -0.39 is 5.97 Å². The number of pyridine rings is 1. The van der Waals surface area contributed by atoms with Crippen molar-refractivity contribution in [2.45, 2.75) is 45.2 Å². The van der Waals surface area contributed by atoms with Crippen molar-refractivity contribution in [3.8, 4) is 0 Å². The van der Waals surface area contributed by atoms with Crippen LogP contribution in [0.4, 0.5) is 0 Å². The van der Waals surface area contributed by atoms with Gasteiger partial charge in [-0.25, -0.2) is 4.98 Å². The number of fused-ring (bicyclic) bond motifs is 1. The van der Waals surface area contributed by atoms with Crippen LogP contribution in [0.3, 0.4) is 0 Å². The zero-order valence-electron chi connectivity index (χ0n) is 12.3. The number of imidazole rings is 1. The third-order valence-electron chi connectivity index (χ3n) is 4.32. The van der Waals surface area contributed by atoms with Crippen LogP contribution in [0, 0.1) is 0 Å². The van der Waals surface area contributed by atoms with Gasteiger partial charge in [0, 0.05) is 18.8 Å². The number of rotatable bonds is 4. The second-order valence-electron chi connectivity index (χ2n) is 5.82. The predicted octanol–water partition coefficient (Wildman–Crippen LogP) is 2.34. The highest BCUT2D eigenvalue weighted by atomic mass is 16.4. The summed E-state index contributed by atoms with van der Waals surface area (Å²) in [7, 11) is 0. The lowest BCUT2D eigenvalue weighted by atomic mass is 10.0. The van der Waals surface area contributed by atoms with Crippen molar-refractivity contribution in [3.05, 3.63) is 35.8 Å². The molecule has 1 unspecified atom stereocenters. The van der Waals surface area contributed by atoms with Crippen molar-refractivity contribution >= 4 is 11.6 Å². The van der Waals surface area contributed by atoms with E-state index in [1.165, 1.54) is 19.3 Å². The number of aromatic nitrogens is 2. The Morgan fingerprint density at radius 1 is 1.43 bits per heavy atom. The van der Waals surface area contributed by atoms with Gasteiger partial charge in [-0.3, -0.25) is 9.69 Å². The van der Waals surface area contributed by atoms with Crippen LogP contribution in [0.25, 0.3) is 5.65 Å². The van der Waals surface area contributed by atoms with Crippen LogP contribution in [-0.4, -0.2) is 37.9 Å². The molecule has 2 aromatic rings. The maximum absolute atomic E-state index is 11.1. The fraction of sp³-hybridized carbons (Fsp3) is 0.500. The Hall–Kier alpha value is -1.88. The standard InChI is InChI=1S/C16H21N3O2/c1-12-6-2-4-8-18(12)11-14-13(10-16(20)21)17-15-7-3-5-9-19(14)15/h3,5,7,9,12H,2,4,6,8,10-11H2,1H3,(H,20,21). The smallest absolute Gasteiger partial charge is 0.309 e. The van der Waals surface area contributed by atoms with E-state index in [0.717, 1.165) is 24.4 Å². The number of carbonyl (C=O) groups is 1. The molecule has 1 N–H and O–H groups in total. The highest BCUT2D eigenvalue weighted by Gasteiger charge is 2.22. The van der Waals surface area contributed by atoms with Gasteiger partial charge in [0.15, 0.2) is 0 Å². The minimum atomic E-state index is -0.827. The molecule has 1 fully saturated rings. The van der Waals surface area contributed by atoms with E-state index in [2.05, 4.69) is 16.8 Å². The molecule has 5 nitrogen and oxygen atoms in total. The van der Waals surface area contributed by atoms with Crippen molar-refractivity contribution in [3.63, 3.8) is 0 Å². The fourth-order valence-corrected chi connectivity index (χ4v) is 3.13. The summed E-state index contributed by atoms with van der Waals surface area (Å²) in [6.45, 7) is 4.10. The summed E-state index contributed by atoms with van der Waals surface area (Å²) in [5, 5.41) is 9.11. The van der Waals surface area contributed by atoms with E-state index in [1.54, 1.807) is 0 Å². The van der Waals surface area contributed by atoms with E-state index in [0.29, 0.717) is 11.7 Å². The van der Waals surface area contributed by atoms with Gasteiger partial charge in [-0.2, -0.15) is 0 Å². The average Bonchev–Trinajstić information content (AvgIpc) is 2.78. The number of aliphatic carboxylic acids is 1. The molecule has 3 heterocycles. The maximum atomic E-state index is 11.1. The molecule has 1 atom stereocenters. The normalized spacial score (nSPS) is 20.0. The van der Waals surface area contributed by atoms with Gasteiger partial charge in [-0.05, 0) is 38.4 Å². The summed E-state index contributed by atoms with van der Waals surface area (Å²) in [5.41, 5.74) is 2.53. The third kappa shape index (κ3) is 2.93. The molecule has 5 heteroatoms. The minimum absolute atomic E-state index is 0.0146. The molecule has 2 aromatic heterocycles. The van der Waals surface area contributed by atoms with E-state index in [4.69, 9.17) is 5.11 Å². The van der Waals surface area contributed by atoms with Crippen LogP contribution in [-0.2, 0) is 17.8 Å². The largest absolute Gasteiger partial charge is 0.481 e. The Morgan fingerprint density at radius 3 is 3.05 bits per heavy atom. The molecule has 0 aromatic carbocycles. The molecule has 21 heavy (non-hydrogen) atoms. The van der Waals surface area contributed by atoms with E-state index in [9.17, 15) is 4.79 Å². The van der Waals surface area contributed by atoms with E-state index >= 15 is 0 Å². The van der Waals surface area contributed by atoms with Crippen molar-refractivity contribution in [1.29, 1.82) is 0 Å². The highest BCUT2D eigenvalue weighted by molar-refractivity contribution is 5.70. The number of piperidine rings is 1. The van der Waals surface area contributed by atoms with Gasteiger partial charge in [-0.1, -0.05) is 12.5 Å². The molecule has 0 amide bonds. The number of carboxylic acid groups (broad SMARTS) is 1. The van der Waals surface area contributed by atoms with E-state index in [1.807, 2.05) is 28.8 Å². The first-order valence-corrected chi connectivity index (χ1v) is 7.56. The molecule has 1 aliphatic heterocycles. The zero-order chi connectivity index (χ0) is 14.8. The lowest BCUT2D eigenvalue weighted by Gasteiger charge is -2.33. The second-order valence-corrected chi connectivity index (χ2v) is 5.82. The highest BCUT2D eigenvalue weighted by Crippen LogP contribution is 2.22. The van der Waals surface area contributed by atoms with Gasteiger partial charge in [0.2, 0.25) is 0 Å². The molecule has 3 rings (SSSR count). The Bertz CT molecular complexity index is 650. The zero-order valence-corrected chi connectivity index (χ0v) is 12.3. The quantitative estimate of drug-likeness (QED) is 0.937. The van der Waals surface area contributed by atoms with Crippen molar-refractivity contribution in [2.75, 3.05) is 6.54 Å². The van der Waals surface area contributed by atoms with Gasteiger partial charge < -0.3 is 9.51 Å². The van der Waals surface area contributed by atoms with Gasteiger partial charge in [0.25, 0.3) is 0 Å². The number of hydrogen-bond acceptors (Lipinski definition) is 3. The van der Waals surface area contributed by atoms with Crippen molar-refractivity contribution in [1.82, 2.24) is 14.3 Å². The van der Waals surface area contributed by atoms with Gasteiger partial charge in [-0.15, -0.1) is 0 Å². The van der Waals surface area contributed by atoms with Crippen LogP contribution >= 0.6 is 0 Å². The molecule has 0 spiro atoms. The lowest BCUT2D eigenvalue weighted by Crippen LogP contribution is -2.37. The first-order chi connectivity index (χ1) is 10.1. The van der Waals surface area contributed by atoms with Gasteiger partial charge >= 0.3 is 5.97 Å². The first-order valence-electron chi connectivity index (χ1n) is 7.56. The molecule has 0 bridgehead atoms. The SMILES string of the molecule is CC1CCCCN1Cc1c(CC(=O)O)nc2ccccn12. The van der Waals surface area contributed by atoms with Crippen molar-refractivity contribution < 1.29 is 9.90 Å². The van der Waals surface area contributed by atoms with Crippen LogP contribution in [0.5, 0.6) is 0 Å². The average molecular weight is 287 g/mol. The molecule has 0 radical (unpaired) electrons. The Kier molecular flexibility index (Phi) is 3.92. The molecule has 1 saturated heterocycles. The van der Waals surface area contributed by atoms with Gasteiger partial charge in [0.1, 0.15) is 5.65 Å². The Labute approximate surface area is 124 Å². The number of likely N-dealkylation sites (tertiary alicyclic amines) is 1. The summed E-state index contributed by atoms with van der Waals surface area (Å²) in [5.74, 6) is -0.827. The molecular formula is C16H21N3O2. The number of nitrogens with zero attached hydrogens (tertiary/aromatic N) is 3.